The Morgan fingerprint density at radius 2 is 2.03 bits per heavy atom. The Balaban J connectivity index is 1.99. The zero-order valence-corrected chi connectivity index (χ0v) is 18.7. The van der Waals surface area contributed by atoms with Gasteiger partial charge in [-0.25, -0.2) is 19.0 Å². The number of thiazole rings is 1. The number of nitrogen functional groups attached to an aromatic ring is 1. The molecule has 0 saturated carbocycles. The second-order valence-electron chi connectivity index (χ2n) is 6.84. The Morgan fingerprint density at radius 1 is 1.32 bits per heavy atom. The van der Waals surface area contributed by atoms with Crippen molar-refractivity contribution in [1.29, 1.82) is 5.41 Å². The van der Waals surface area contributed by atoms with Crippen molar-refractivity contribution in [2.24, 2.45) is 5.73 Å². The summed E-state index contributed by atoms with van der Waals surface area (Å²) in [5, 5.41) is 27.6. The number of amidine groups is 1. The van der Waals surface area contributed by atoms with Gasteiger partial charge in [0.2, 0.25) is 5.91 Å². The number of nitrogens with zero attached hydrogens (tertiary/aromatic N) is 2. The van der Waals surface area contributed by atoms with E-state index in [1.807, 2.05) is 0 Å². The third-order valence-electron chi connectivity index (χ3n) is 4.41. The van der Waals surface area contributed by atoms with Gasteiger partial charge in [0, 0.05) is 25.1 Å². The highest BCUT2D eigenvalue weighted by Gasteiger charge is 2.24. The largest absolute Gasteiger partial charge is 0.481 e. The summed E-state index contributed by atoms with van der Waals surface area (Å²) in [6.07, 6.45) is 0.332. The lowest BCUT2D eigenvalue weighted by Gasteiger charge is -2.20. The van der Waals surface area contributed by atoms with Crippen LogP contribution < -0.4 is 20.7 Å². The van der Waals surface area contributed by atoms with Crippen LogP contribution in [0.4, 0.5) is 9.52 Å². The number of anilines is 1. The van der Waals surface area contributed by atoms with Gasteiger partial charge in [-0.2, -0.15) is 0 Å². The van der Waals surface area contributed by atoms with E-state index >= 15 is 0 Å². The molecule has 14 heteroatoms. The Labute approximate surface area is 196 Å². The van der Waals surface area contributed by atoms with Gasteiger partial charge < -0.3 is 30.9 Å². The smallest absolute Gasteiger partial charge is 0.355 e. The topological polar surface area (TPSA) is 196 Å². The highest BCUT2D eigenvalue weighted by molar-refractivity contribution is 7.17. The van der Waals surface area contributed by atoms with Crippen molar-refractivity contribution in [3.8, 4) is 5.75 Å². The number of hydrogen-bond donors (Lipinski definition) is 5. The van der Waals surface area contributed by atoms with Crippen molar-refractivity contribution in [2.45, 2.75) is 25.8 Å². The fraction of sp³-hybridized carbons (Fsp3) is 0.300. The molecule has 6 N–H and O–H groups in total. The van der Waals surface area contributed by atoms with E-state index in [0.29, 0.717) is 11.7 Å². The SMILES string of the molecule is CCN(CCC(=O)N[C@@H](CC(=O)O)C(=O)O)c1ncc(C(=O)Oc2ccc(C(=N)N)cc2F)s1. The van der Waals surface area contributed by atoms with Crippen LogP contribution in [0.15, 0.2) is 24.4 Å². The molecule has 2 rings (SSSR count). The second-order valence-corrected chi connectivity index (χ2v) is 7.85. The number of benzene rings is 1. The lowest BCUT2D eigenvalue weighted by Crippen LogP contribution is -2.43. The zero-order valence-electron chi connectivity index (χ0n) is 17.9. The van der Waals surface area contributed by atoms with E-state index in [2.05, 4.69) is 10.3 Å². The number of carboxylic acids is 2. The molecule has 0 radical (unpaired) electrons. The number of carboxylic acid groups (broad SMARTS) is 2. The Hall–Kier alpha value is -4.07. The quantitative estimate of drug-likeness (QED) is 0.123. The monoisotopic (exact) mass is 495 g/mol. The molecule has 182 valence electrons. The summed E-state index contributed by atoms with van der Waals surface area (Å²) in [6.45, 7) is 2.28. The minimum Gasteiger partial charge on any atom is -0.481 e. The van der Waals surface area contributed by atoms with Crippen LogP contribution in [0.2, 0.25) is 0 Å². The van der Waals surface area contributed by atoms with Crippen LogP contribution in [0.1, 0.15) is 35.0 Å². The number of esters is 1. The standard InChI is InChI=1S/C20H22FN5O7S/c1-2-26(6-5-15(27)25-12(18(30)31)8-16(28)29)20-24-9-14(34-20)19(32)33-13-4-3-10(17(22)23)7-11(13)21/h3-4,7,9,12H,2,5-6,8H2,1H3,(H3,22,23)(H,25,27)(H,28,29)(H,30,31)/t12-/m0/s1. The van der Waals surface area contributed by atoms with Crippen molar-refractivity contribution in [3.63, 3.8) is 0 Å². The predicted octanol–water partition coefficient (Wildman–Crippen LogP) is 1.05. The first-order chi connectivity index (χ1) is 16.0. The number of rotatable bonds is 12. The fourth-order valence-corrected chi connectivity index (χ4v) is 3.56. The summed E-state index contributed by atoms with van der Waals surface area (Å²) in [6, 6.07) is 1.93. The number of hydrogen-bond acceptors (Lipinski definition) is 9. The van der Waals surface area contributed by atoms with Crippen LogP contribution in [0.25, 0.3) is 0 Å². The van der Waals surface area contributed by atoms with Gasteiger partial charge in [0.25, 0.3) is 0 Å². The van der Waals surface area contributed by atoms with Crippen molar-refractivity contribution in [3.05, 3.63) is 40.7 Å². The van der Waals surface area contributed by atoms with Gasteiger partial charge in [0.15, 0.2) is 16.7 Å². The molecule has 0 saturated heterocycles. The molecule has 0 bridgehead atoms. The normalized spacial score (nSPS) is 11.4. The van der Waals surface area contributed by atoms with Gasteiger partial charge in [-0.3, -0.25) is 15.0 Å². The summed E-state index contributed by atoms with van der Waals surface area (Å²) < 4.78 is 19.2. The van der Waals surface area contributed by atoms with E-state index in [1.165, 1.54) is 18.3 Å². The van der Waals surface area contributed by atoms with Gasteiger partial charge in [-0.1, -0.05) is 11.3 Å². The average molecular weight is 495 g/mol. The minimum atomic E-state index is -1.55. The molecule has 0 spiro atoms. The van der Waals surface area contributed by atoms with Crippen LogP contribution in [-0.2, 0) is 14.4 Å². The van der Waals surface area contributed by atoms with E-state index in [9.17, 15) is 23.6 Å². The zero-order chi connectivity index (χ0) is 25.4. The summed E-state index contributed by atoms with van der Waals surface area (Å²) in [5.41, 5.74) is 5.43. The molecule has 0 aliphatic carbocycles. The third kappa shape index (κ3) is 7.23. The molecule has 12 nitrogen and oxygen atoms in total. The number of carbonyl (C=O) groups is 4. The Bertz CT molecular complexity index is 1110. The van der Waals surface area contributed by atoms with E-state index in [1.54, 1.807) is 11.8 Å². The average Bonchev–Trinajstić information content (AvgIpc) is 3.24. The Morgan fingerprint density at radius 3 is 2.59 bits per heavy atom. The number of nitrogens with one attached hydrogen (secondary N) is 2. The number of halogens is 1. The first kappa shape index (κ1) is 26.2. The lowest BCUT2D eigenvalue weighted by molar-refractivity contribution is -0.147. The summed E-state index contributed by atoms with van der Waals surface area (Å²) >= 11 is 0.946. The number of nitrogens with two attached hydrogens (primary N) is 1. The third-order valence-corrected chi connectivity index (χ3v) is 5.45. The first-order valence-corrected chi connectivity index (χ1v) is 10.6. The fourth-order valence-electron chi connectivity index (χ4n) is 2.67. The first-order valence-electron chi connectivity index (χ1n) is 9.82. The summed E-state index contributed by atoms with van der Waals surface area (Å²) in [7, 11) is 0. The van der Waals surface area contributed by atoms with Gasteiger partial charge >= 0.3 is 17.9 Å². The molecule has 1 aromatic carbocycles. The van der Waals surface area contributed by atoms with Gasteiger partial charge in [-0.05, 0) is 25.1 Å². The summed E-state index contributed by atoms with van der Waals surface area (Å²) in [4.78, 5) is 52.1. The van der Waals surface area contributed by atoms with E-state index < -0.39 is 42.1 Å². The number of carbonyl (C=O) groups excluding carboxylic acids is 2. The molecule has 1 aromatic heterocycles. The van der Waals surface area contributed by atoms with E-state index in [0.717, 1.165) is 17.4 Å². The van der Waals surface area contributed by atoms with Crippen molar-refractivity contribution in [2.75, 3.05) is 18.0 Å². The molecule has 0 aliphatic heterocycles. The molecule has 0 fully saturated rings. The number of amides is 1. The number of aromatic nitrogens is 1. The number of ether oxygens (including phenoxy) is 1. The lowest BCUT2D eigenvalue weighted by atomic mass is 10.2. The van der Waals surface area contributed by atoms with Crippen LogP contribution >= 0.6 is 11.3 Å². The highest BCUT2D eigenvalue weighted by atomic mass is 32.1. The Kier molecular flexibility index (Phi) is 9.01. The van der Waals surface area contributed by atoms with Crippen LogP contribution in [0.3, 0.4) is 0 Å². The molecule has 34 heavy (non-hydrogen) atoms. The van der Waals surface area contributed by atoms with Crippen LogP contribution in [0.5, 0.6) is 5.75 Å². The van der Waals surface area contributed by atoms with Gasteiger partial charge in [-0.15, -0.1) is 0 Å². The maximum atomic E-state index is 14.1. The van der Waals surface area contributed by atoms with E-state index in [-0.39, 0.29) is 35.0 Å². The number of aliphatic carboxylic acids is 2. The molecular formula is C20H22FN5O7S. The molecular weight excluding hydrogens is 473 g/mol. The maximum absolute atomic E-state index is 14.1. The second kappa shape index (κ2) is 11.7. The van der Waals surface area contributed by atoms with Crippen LogP contribution in [-0.4, -0.2) is 64.0 Å². The van der Waals surface area contributed by atoms with E-state index in [4.69, 9.17) is 26.1 Å². The summed E-state index contributed by atoms with van der Waals surface area (Å²) in [5.74, 6) is -5.88. The van der Waals surface area contributed by atoms with Crippen molar-refractivity contribution >= 4 is 46.1 Å². The van der Waals surface area contributed by atoms with Crippen molar-refractivity contribution in [1.82, 2.24) is 10.3 Å². The van der Waals surface area contributed by atoms with Gasteiger partial charge in [0.1, 0.15) is 16.8 Å². The molecule has 1 atom stereocenters. The molecule has 0 unspecified atom stereocenters. The van der Waals surface area contributed by atoms with Gasteiger partial charge in [0.05, 0.1) is 12.6 Å². The van der Waals surface area contributed by atoms with Crippen molar-refractivity contribution < 1.29 is 38.5 Å². The molecule has 2 aromatic rings. The van der Waals surface area contributed by atoms with Crippen LogP contribution in [0, 0.1) is 11.2 Å². The maximum Gasteiger partial charge on any atom is 0.355 e. The minimum absolute atomic E-state index is 0.0698. The molecule has 1 heterocycles. The molecule has 1 amide bonds. The molecule has 0 aliphatic rings. The predicted molar refractivity (Wildman–Crippen MR) is 119 cm³/mol. The highest BCUT2D eigenvalue weighted by Crippen LogP contribution is 2.25.